The normalized spacial score (nSPS) is 10.7. The summed E-state index contributed by atoms with van der Waals surface area (Å²) in [5, 5.41) is 14.6. The second-order valence-electron chi connectivity index (χ2n) is 5.63. The third kappa shape index (κ3) is 2.57. The first-order chi connectivity index (χ1) is 10.6. The molecule has 0 amide bonds. The van der Waals surface area contributed by atoms with Crippen molar-refractivity contribution in [2.75, 3.05) is 4.90 Å². The number of anilines is 3. The van der Waals surface area contributed by atoms with E-state index in [9.17, 15) is 0 Å². The number of rotatable bonds is 3. The average Bonchev–Trinajstić information content (AvgIpc) is 2.97. The highest BCUT2D eigenvalue weighted by molar-refractivity contribution is 5.76. The van der Waals surface area contributed by atoms with Gasteiger partial charge in [0.15, 0.2) is 0 Å². The molecule has 112 valence electrons. The highest BCUT2D eigenvalue weighted by atomic mass is 15.5. The zero-order valence-corrected chi connectivity index (χ0v) is 13.3. The molecular weight excluding hydrogens is 274 g/mol. The molecule has 0 radical (unpaired) electrons. The average molecular weight is 293 g/mol. The molecule has 0 unspecified atom stereocenters. The molecule has 0 spiro atoms. The number of hydrogen-bond donors (Lipinski definition) is 1. The SMILES string of the molecule is Cc1ccc(N(c2nn[nH]n2)c2ccc(C)cc2C)c(C)c1. The van der Waals surface area contributed by atoms with Crippen LogP contribution in [0.4, 0.5) is 17.3 Å². The first kappa shape index (κ1) is 14.3. The minimum absolute atomic E-state index is 0.541. The van der Waals surface area contributed by atoms with Gasteiger partial charge in [-0.25, -0.2) is 0 Å². The first-order valence-corrected chi connectivity index (χ1v) is 7.24. The van der Waals surface area contributed by atoms with Gasteiger partial charge < -0.3 is 0 Å². The van der Waals surface area contributed by atoms with Crippen molar-refractivity contribution in [2.45, 2.75) is 27.7 Å². The number of aromatic amines is 1. The van der Waals surface area contributed by atoms with Crippen molar-refractivity contribution in [1.29, 1.82) is 0 Å². The molecule has 22 heavy (non-hydrogen) atoms. The van der Waals surface area contributed by atoms with Crippen LogP contribution in [0, 0.1) is 27.7 Å². The molecule has 0 bridgehead atoms. The third-order valence-electron chi connectivity index (χ3n) is 3.72. The van der Waals surface area contributed by atoms with Crippen molar-refractivity contribution >= 4 is 17.3 Å². The van der Waals surface area contributed by atoms with E-state index in [0.29, 0.717) is 5.95 Å². The summed E-state index contributed by atoms with van der Waals surface area (Å²) in [7, 11) is 0. The molecular formula is C17H19N5. The van der Waals surface area contributed by atoms with Crippen LogP contribution in [-0.2, 0) is 0 Å². The fraction of sp³-hybridized carbons (Fsp3) is 0.235. The van der Waals surface area contributed by atoms with Crippen LogP contribution in [0.2, 0.25) is 0 Å². The van der Waals surface area contributed by atoms with Gasteiger partial charge in [0.05, 0.1) is 11.4 Å². The maximum Gasteiger partial charge on any atom is 0.274 e. The van der Waals surface area contributed by atoms with Gasteiger partial charge in [-0.15, -0.1) is 5.10 Å². The molecule has 1 N–H and O–H groups in total. The summed E-state index contributed by atoms with van der Waals surface area (Å²) in [6.07, 6.45) is 0. The second-order valence-corrected chi connectivity index (χ2v) is 5.63. The second kappa shape index (κ2) is 5.60. The Hall–Kier alpha value is -2.69. The number of aryl methyl sites for hydroxylation is 4. The number of tetrazole rings is 1. The Balaban J connectivity index is 2.20. The Morgan fingerprint density at radius 1 is 0.818 bits per heavy atom. The zero-order chi connectivity index (χ0) is 15.7. The molecule has 0 aliphatic carbocycles. The molecule has 5 heteroatoms. The van der Waals surface area contributed by atoms with Crippen LogP contribution < -0.4 is 4.90 Å². The largest absolute Gasteiger partial charge is 0.276 e. The number of benzene rings is 2. The van der Waals surface area contributed by atoms with E-state index < -0.39 is 0 Å². The number of nitrogens with one attached hydrogen (secondary N) is 1. The van der Waals surface area contributed by atoms with E-state index >= 15 is 0 Å². The zero-order valence-electron chi connectivity index (χ0n) is 13.3. The predicted molar refractivity (Wildman–Crippen MR) is 87.8 cm³/mol. The summed E-state index contributed by atoms with van der Waals surface area (Å²) in [5.41, 5.74) is 6.91. The van der Waals surface area contributed by atoms with Crippen molar-refractivity contribution in [1.82, 2.24) is 20.6 Å². The standard InChI is InChI=1S/C17H19N5/c1-11-5-7-15(13(3)9-11)22(17-18-20-21-19-17)16-8-6-12(2)10-14(16)4/h5-10H,1-4H3,(H,18,19,20,21). The Morgan fingerprint density at radius 2 is 1.36 bits per heavy atom. The molecule has 2 aromatic carbocycles. The van der Waals surface area contributed by atoms with Crippen molar-refractivity contribution in [3.63, 3.8) is 0 Å². The Kier molecular flexibility index (Phi) is 3.63. The monoisotopic (exact) mass is 293 g/mol. The maximum absolute atomic E-state index is 4.18. The quantitative estimate of drug-likeness (QED) is 0.795. The summed E-state index contributed by atoms with van der Waals surface area (Å²) in [6.45, 7) is 8.37. The van der Waals surface area contributed by atoms with Crippen LogP contribution in [-0.4, -0.2) is 20.6 Å². The molecule has 3 aromatic rings. The first-order valence-electron chi connectivity index (χ1n) is 7.24. The van der Waals surface area contributed by atoms with E-state index in [0.717, 1.165) is 11.4 Å². The van der Waals surface area contributed by atoms with Crippen LogP contribution in [0.3, 0.4) is 0 Å². The van der Waals surface area contributed by atoms with Crippen molar-refractivity contribution < 1.29 is 0 Å². The summed E-state index contributed by atoms with van der Waals surface area (Å²) in [5.74, 6) is 0.541. The minimum Gasteiger partial charge on any atom is -0.276 e. The molecule has 5 nitrogen and oxygen atoms in total. The van der Waals surface area contributed by atoms with Gasteiger partial charge >= 0.3 is 0 Å². The van der Waals surface area contributed by atoms with Gasteiger partial charge in [0, 0.05) is 0 Å². The summed E-state index contributed by atoms with van der Waals surface area (Å²) >= 11 is 0. The van der Waals surface area contributed by atoms with Crippen LogP contribution in [0.5, 0.6) is 0 Å². The van der Waals surface area contributed by atoms with Gasteiger partial charge in [-0.2, -0.15) is 5.21 Å². The van der Waals surface area contributed by atoms with Gasteiger partial charge in [-0.1, -0.05) is 40.5 Å². The lowest BCUT2D eigenvalue weighted by Gasteiger charge is -2.25. The van der Waals surface area contributed by atoms with Crippen molar-refractivity contribution in [3.05, 3.63) is 58.7 Å². The van der Waals surface area contributed by atoms with Crippen LogP contribution in [0.15, 0.2) is 36.4 Å². The Bertz CT molecular complexity index is 741. The molecule has 0 atom stereocenters. The number of nitrogens with zero attached hydrogens (tertiary/aromatic N) is 4. The highest BCUT2D eigenvalue weighted by Gasteiger charge is 2.19. The lowest BCUT2D eigenvalue weighted by molar-refractivity contribution is 0.881. The summed E-state index contributed by atoms with van der Waals surface area (Å²) in [4.78, 5) is 2.03. The third-order valence-corrected chi connectivity index (χ3v) is 3.72. The smallest absolute Gasteiger partial charge is 0.274 e. The predicted octanol–water partition coefficient (Wildman–Crippen LogP) is 3.90. The van der Waals surface area contributed by atoms with E-state index in [1.165, 1.54) is 22.3 Å². The molecule has 1 heterocycles. The Morgan fingerprint density at radius 3 is 1.77 bits per heavy atom. The highest BCUT2D eigenvalue weighted by Crippen LogP contribution is 2.36. The van der Waals surface area contributed by atoms with Crippen molar-refractivity contribution in [3.8, 4) is 0 Å². The van der Waals surface area contributed by atoms with E-state index in [4.69, 9.17) is 0 Å². The van der Waals surface area contributed by atoms with Gasteiger partial charge in [0.2, 0.25) is 0 Å². The van der Waals surface area contributed by atoms with Crippen LogP contribution in [0.25, 0.3) is 0 Å². The van der Waals surface area contributed by atoms with Crippen LogP contribution in [0.1, 0.15) is 22.3 Å². The van der Waals surface area contributed by atoms with Crippen LogP contribution >= 0.6 is 0 Å². The van der Waals surface area contributed by atoms with Gasteiger partial charge in [-0.3, -0.25) is 4.90 Å². The van der Waals surface area contributed by atoms with E-state index in [-0.39, 0.29) is 0 Å². The lowest BCUT2D eigenvalue weighted by Crippen LogP contribution is -2.14. The summed E-state index contributed by atoms with van der Waals surface area (Å²) < 4.78 is 0. The minimum atomic E-state index is 0.541. The van der Waals surface area contributed by atoms with E-state index in [1.807, 2.05) is 4.90 Å². The molecule has 0 saturated carbocycles. The van der Waals surface area contributed by atoms with Gasteiger partial charge in [0.1, 0.15) is 0 Å². The lowest BCUT2D eigenvalue weighted by atomic mass is 10.1. The number of hydrogen-bond acceptors (Lipinski definition) is 4. The molecule has 0 saturated heterocycles. The topological polar surface area (TPSA) is 57.7 Å². The van der Waals surface area contributed by atoms with E-state index in [2.05, 4.69) is 84.7 Å². The maximum atomic E-state index is 4.18. The van der Waals surface area contributed by atoms with Crippen molar-refractivity contribution in [2.24, 2.45) is 0 Å². The molecule has 0 aliphatic heterocycles. The fourth-order valence-corrected chi connectivity index (χ4v) is 2.71. The van der Waals surface area contributed by atoms with Gasteiger partial charge in [0.25, 0.3) is 5.95 Å². The summed E-state index contributed by atoms with van der Waals surface area (Å²) in [6, 6.07) is 12.7. The molecule has 1 aromatic heterocycles. The number of aromatic nitrogens is 4. The number of H-pyrrole nitrogens is 1. The molecule has 3 rings (SSSR count). The fourth-order valence-electron chi connectivity index (χ4n) is 2.71. The van der Waals surface area contributed by atoms with E-state index in [1.54, 1.807) is 0 Å². The molecule has 0 fully saturated rings. The van der Waals surface area contributed by atoms with Gasteiger partial charge in [-0.05, 0) is 56.2 Å². The Labute approximate surface area is 130 Å². The molecule has 0 aliphatic rings.